The first-order valence-corrected chi connectivity index (χ1v) is 7.35. The Kier molecular flexibility index (Phi) is 7.40. The van der Waals surface area contributed by atoms with Crippen LogP contribution in [0.25, 0.3) is 0 Å². The maximum atomic E-state index is 11.7. The zero-order chi connectivity index (χ0) is 14.8. The number of unbranched alkanes of at least 4 members (excludes halogenated alkanes) is 2. The maximum Gasteiger partial charge on any atom is 0.224 e. The minimum absolute atomic E-state index is 0.0175. The molecule has 2 N–H and O–H groups in total. The molecular weight excluding hydrogens is 252 g/mol. The van der Waals surface area contributed by atoms with E-state index < -0.39 is 0 Å². The van der Waals surface area contributed by atoms with Crippen LogP contribution in [0.2, 0.25) is 0 Å². The van der Waals surface area contributed by atoms with Gasteiger partial charge in [-0.1, -0.05) is 26.7 Å². The van der Waals surface area contributed by atoms with Crippen LogP contribution in [-0.2, 0) is 9.59 Å². The summed E-state index contributed by atoms with van der Waals surface area (Å²) in [7, 11) is 0. The fraction of sp³-hybridized carbons (Fsp3) is 0.500. The van der Waals surface area contributed by atoms with Crippen molar-refractivity contribution in [1.29, 1.82) is 0 Å². The van der Waals surface area contributed by atoms with Gasteiger partial charge in [-0.2, -0.15) is 0 Å². The van der Waals surface area contributed by atoms with E-state index in [1.165, 1.54) is 0 Å². The van der Waals surface area contributed by atoms with Gasteiger partial charge < -0.3 is 10.6 Å². The van der Waals surface area contributed by atoms with E-state index in [0.29, 0.717) is 12.8 Å². The van der Waals surface area contributed by atoms with Crippen LogP contribution < -0.4 is 10.6 Å². The smallest absolute Gasteiger partial charge is 0.224 e. The first-order chi connectivity index (χ1) is 9.65. The molecule has 0 saturated heterocycles. The van der Waals surface area contributed by atoms with E-state index in [9.17, 15) is 9.59 Å². The molecule has 0 aliphatic rings. The predicted molar refractivity (Wildman–Crippen MR) is 82.8 cm³/mol. The molecule has 0 atom stereocenters. The summed E-state index contributed by atoms with van der Waals surface area (Å²) >= 11 is 0. The standard InChI is InChI=1S/C16H24N2O2/c1-3-5-6-8-16(20)18-14-11-9-13(10-12-14)17-15(19)7-4-2/h9-12H,3-8H2,1-2H3,(H,17,19)(H,18,20). The van der Waals surface area contributed by atoms with Crippen LogP contribution in [0.3, 0.4) is 0 Å². The highest BCUT2D eigenvalue weighted by atomic mass is 16.2. The normalized spacial score (nSPS) is 10.1. The number of rotatable bonds is 8. The Morgan fingerprint density at radius 2 is 1.30 bits per heavy atom. The van der Waals surface area contributed by atoms with E-state index >= 15 is 0 Å². The summed E-state index contributed by atoms with van der Waals surface area (Å²) in [6.45, 7) is 4.08. The molecule has 0 fully saturated rings. The Morgan fingerprint density at radius 1 is 0.800 bits per heavy atom. The van der Waals surface area contributed by atoms with Crippen molar-refractivity contribution in [3.8, 4) is 0 Å². The Balaban J connectivity index is 2.42. The molecule has 0 saturated carbocycles. The van der Waals surface area contributed by atoms with Crippen LogP contribution >= 0.6 is 0 Å². The largest absolute Gasteiger partial charge is 0.326 e. The summed E-state index contributed by atoms with van der Waals surface area (Å²) in [6, 6.07) is 7.21. The summed E-state index contributed by atoms with van der Waals surface area (Å²) in [5, 5.41) is 5.67. The third-order valence-corrected chi connectivity index (χ3v) is 2.94. The van der Waals surface area contributed by atoms with Crippen molar-refractivity contribution in [3.05, 3.63) is 24.3 Å². The molecule has 1 rings (SSSR count). The predicted octanol–water partition coefficient (Wildman–Crippen LogP) is 3.94. The third kappa shape index (κ3) is 6.36. The zero-order valence-corrected chi connectivity index (χ0v) is 12.4. The van der Waals surface area contributed by atoms with Crippen molar-refractivity contribution in [2.75, 3.05) is 10.6 Å². The van der Waals surface area contributed by atoms with E-state index in [4.69, 9.17) is 0 Å². The van der Waals surface area contributed by atoms with Crippen LogP contribution in [0.1, 0.15) is 52.4 Å². The van der Waals surface area contributed by atoms with E-state index in [1.807, 2.05) is 6.92 Å². The van der Waals surface area contributed by atoms with E-state index in [2.05, 4.69) is 17.6 Å². The number of carbonyl (C=O) groups is 2. The highest BCUT2D eigenvalue weighted by Crippen LogP contribution is 2.14. The van der Waals surface area contributed by atoms with Gasteiger partial charge >= 0.3 is 0 Å². The SMILES string of the molecule is CCCCCC(=O)Nc1ccc(NC(=O)CCC)cc1. The van der Waals surface area contributed by atoms with E-state index in [0.717, 1.165) is 37.1 Å². The van der Waals surface area contributed by atoms with Crippen LogP contribution in [0.4, 0.5) is 11.4 Å². The Bertz CT molecular complexity index is 427. The fourth-order valence-corrected chi connectivity index (χ4v) is 1.85. The second kappa shape index (κ2) is 9.13. The Hall–Kier alpha value is -1.84. The van der Waals surface area contributed by atoms with Crippen molar-refractivity contribution < 1.29 is 9.59 Å². The fourth-order valence-electron chi connectivity index (χ4n) is 1.85. The quantitative estimate of drug-likeness (QED) is 0.706. The Labute approximate surface area is 121 Å². The minimum Gasteiger partial charge on any atom is -0.326 e. The van der Waals surface area contributed by atoms with Gasteiger partial charge in [-0.3, -0.25) is 9.59 Å². The van der Waals surface area contributed by atoms with Crippen molar-refractivity contribution in [2.45, 2.75) is 52.4 Å². The molecule has 2 amide bonds. The van der Waals surface area contributed by atoms with Gasteiger partial charge in [0.2, 0.25) is 11.8 Å². The molecule has 0 aliphatic heterocycles. The molecule has 0 unspecified atom stereocenters. The molecule has 1 aromatic rings. The van der Waals surface area contributed by atoms with Gasteiger partial charge in [-0.15, -0.1) is 0 Å². The van der Waals surface area contributed by atoms with E-state index in [1.54, 1.807) is 24.3 Å². The second-order valence-electron chi connectivity index (χ2n) is 4.88. The lowest BCUT2D eigenvalue weighted by atomic mass is 10.2. The molecular formula is C16H24N2O2. The van der Waals surface area contributed by atoms with Gasteiger partial charge in [0.25, 0.3) is 0 Å². The average molecular weight is 276 g/mol. The highest BCUT2D eigenvalue weighted by molar-refractivity contribution is 5.92. The summed E-state index contributed by atoms with van der Waals surface area (Å²) in [5.74, 6) is 0.0602. The van der Waals surface area contributed by atoms with Crippen LogP contribution in [-0.4, -0.2) is 11.8 Å². The molecule has 20 heavy (non-hydrogen) atoms. The number of benzene rings is 1. The number of amides is 2. The van der Waals surface area contributed by atoms with Crippen LogP contribution in [0.15, 0.2) is 24.3 Å². The molecule has 110 valence electrons. The average Bonchev–Trinajstić information content (AvgIpc) is 2.41. The first-order valence-electron chi connectivity index (χ1n) is 7.35. The molecule has 4 heteroatoms. The highest BCUT2D eigenvalue weighted by Gasteiger charge is 2.03. The number of anilines is 2. The monoisotopic (exact) mass is 276 g/mol. The molecule has 4 nitrogen and oxygen atoms in total. The van der Waals surface area contributed by atoms with Crippen LogP contribution in [0, 0.1) is 0 Å². The molecule has 0 aliphatic carbocycles. The molecule has 0 bridgehead atoms. The lowest BCUT2D eigenvalue weighted by Gasteiger charge is -2.07. The third-order valence-electron chi connectivity index (χ3n) is 2.94. The first kappa shape index (κ1) is 16.2. The van der Waals surface area contributed by atoms with Gasteiger partial charge in [0.1, 0.15) is 0 Å². The molecule has 0 aromatic heterocycles. The van der Waals surface area contributed by atoms with Crippen LogP contribution in [0.5, 0.6) is 0 Å². The molecule has 1 aromatic carbocycles. The van der Waals surface area contributed by atoms with Gasteiger partial charge in [-0.25, -0.2) is 0 Å². The molecule has 0 heterocycles. The van der Waals surface area contributed by atoms with Gasteiger partial charge in [0.15, 0.2) is 0 Å². The van der Waals surface area contributed by atoms with E-state index in [-0.39, 0.29) is 11.8 Å². The summed E-state index contributed by atoms with van der Waals surface area (Å²) in [5.41, 5.74) is 1.52. The lowest BCUT2D eigenvalue weighted by molar-refractivity contribution is -0.117. The Morgan fingerprint density at radius 3 is 1.75 bits per heavy atom. The maximum absolute atomic E-state index is 11.7. The topological polar surface area (TPSA) is 58.2 Å². The van der Waals surface area contributed by atoms with Gasteiger partial charge in [0, 0.05) is 24.2 Å². The van der Waals surface area contributed by atoms with Gasteiger partial charge in [0.05, 0.1) is 0 Å². The molecule has 0 radical (unpaired) electrons. The summed E-state index contributed by atoms with van der Waals surface area (Å²) < 4.78 is 0. The van der Waals surface area contributed by atoms with Crippen molar-refractivity contribution in [3.63, 3.8) is 0 Å². The minimum atomic E-state index is 0.0175. The number of nitrogens with one attached hydrogen (secondary N) is 2. The number of carbonyl (C=O) groups excluding carboxylic acids is 2. The summed E-state index contributed by atoms with van der Waals surface area (Å²) in [4.78, 5) is 23.1. The number of hydrogen-bond donors (Lipinski definition) is 2. The second-order valence-corrected chi connectivity index (χ2v) is 4.88. The lowest BCUT2D eigenvalue weighted by Crippen LogP contribution is -2.12. The van der Waals surface area contributed by atoms with Gasteiger partial charge in [-0.05, 0) is 37.1 Å². The molecule has 0 spiro atoms. The number of hydrogen-bond acceptors (Lipinski definition) is 2. The zero-order valence-electron chi connectivity index (χ0n) is 12.4. The van der Waals surface area contributed by atoms with Crippen molar-refractivity contribution in [1.82, 2.24) is 0 Å². The van der Waals surface area contributed by atoms with Crippen molar-refractivity contribution >= 4 is 23.2 Å². The van der Waals surface area contributed by atoms with Crippen molar-refractivity contribution in [2.24, 2.45) is 0 Å². The summed E-state index contributed by atoms with van der Waals surface area (Å²) in [6.07, 6.45) is 5.03.